The predicted molar refractivity (Wildman–Crippen MR) is 98.9 cm³/mol. The average molecular weight is 659 g/mol. The molecule has 1 fully saturated rings. The maximum absolute atomic E-state index is 14.2. The molecule has 0 heterocycles. The largest absolute Gasteiger partial charge is 0.486 e. The molecule has 0 saturated heterocycles. The van der Waals surface area contributed by atoms with Crippen LogP contribution in [0.3, 0.4) is 0 Å². The summed E-state index contributed by atoms with van der Waals surface area (Å²) in [5.74, 6) is -52.8. The molecule has 23 heteroatoms. The van der Waals surface area contributed by atoms with Crippen LogP contribution in [0, 0.1) is 0 Å². The molecule has 39 heavy (non-hydrogen) atoms. The van der Waals surface area contributed by atoms with Crippen molar-refractivity contribution in [3.63, 3.8) is 0 Å². The molecule has 0 spiro atoms. The summed E-state index contributed by atoms with van der Waals surface area (Å²) in [7, 11) is -11.3. The molecular formula is C16H16F17O4S2+. The molecule has 0 aliphatic heterocycles. The van der Waals surface area contributed by atoms with Crippen molar-refractivity contribution in [3.8, 4) is 0 Å². The average Bonchev–Trinajstić information content (AvgIpc) is 2.71. The van der Waals surface area contributed by atoms with E-state index in [4.69, 9.17) is 0 Å². The minimum Gasteiger partial charge on any atom is -0.298 e. The molecule has 0 aromatic rings. The van der Waals surface area contributed by atoms with E-state index in [0.717, 1.165) is 0 Å². The van der Waals surface area contributed by atoms with E-state index < -0.39 is 78.4 Å². The second-order valence-electron chi connectivity index (χ2n) is 8.56. The third-order valence-corrected chi connectivity index (χ3v) is 10.6. The van der Waals surface area contributed by atoms with Gasteiger partial charge in [0.05, 0.1) is 0 Å². The lowest BCUT2D eigenvalue weighted by Gasteiger charge is -2.42. The first-order valence-corrected chi connectivity index (χ1v) is 13.6. The fraction of sp³-hybridized carbons (Fsp3) is 0.938. The Kier molecular flexibility index (Phi) is 8.85. The highest BCUT2D eigenvalue weighted by Gasteiger charge is 2.97. The van der Waals surface area contributed by atoms with E-state index in [-0.39, 0.29) is 25.7 Å². The van der Waals surface area contributed by atoms with Gasteiger partial charge in [0.25, 0.3) is 0 Å². The van der Waals surface area contributed by atoms with Gasteiger partial charge in [-0.05, 0) is 23.2 Å². The fourth-order valence-corrected chi connectivity index (χ4v) is 7.99. The highest BCUT2D eigenvalue weighted by atomic mass is 32.3. The maximum atomic E-state index is 14.2. The number of halogens is 17. The summed E-state index contributed by atoms with van der Waals surface area (Å²) in [4.78, 5) is 11.9. The summed E-state index contributed by atoms with van der Waals surface area (Å²) in [5, 5.41) is -9.28. The highest BCUT2D eigenvalue weighted by molar-refractivity contribution is 8.32. The van der Waals surface area contributed by atoms with Gasteiger partial charge in [0.15, 0.2) is 5.78 Å². The molecule has 0 bridgehead atoms. The van der Waals surface area contributed by atoms with E-state index >= 15 is 0 Å². The molecule has 0 aromatic carbocycles. The van der Waals surface area contributed by atoms with Crippen molar-refractivity contribution >= 4 is 26.2 Å². The molecule has 0 aromatic heterocycles. The normalized spacial score (nSPS) is 20.8. The third kappa shape index (κ3) is 5.05. The molecule has 1 unspecified atom stereocenters. The first-order valence-electron chi connectivity index (χ1n) is 9.67. The van der Waals surface area contributed by atoms with Gasteiger partial charge in [0.1, 0.15) is 5.25 Å². The van der Waals surface area contributed by atoms with Gasteiger partial charge < -0.3 is 0 Å². The van der Waals surface area contributed by atoms with Gasteiger partial charge in [-0.1, -0.05) is 6.42 Å². The van der Waals surface area contributed by atoms with Gasteiger partial charge in [-0.25, -0.2) is 0 Å². The van der Waals surface area contributed by atoms with E-state index in [0.29, 0.717) is 12.5 Å². The van der Waals surface area contributed by atoms with E-state index in [1.165, 1.54) is 0 Å². The maximum Gasteiger partial charge on any atom is 0.486 e. The van der Waals surface area contributed by atoms with Gasteiger partial charge in [-0.3, -0.25) is 8.42 Å². The zero-order chi connectivity index (χ0) is 31.7. The first kappa shape index (κ1) is 35.8. The topological polar surface area (TPSA) is 64.0 Å². The standard InChI is InChI=1S/C16H15F17O4S2/c1-38(2,8-6-4-3-5-7(8)34)37-39(35,36)16(32,33)14(27,28)12(23,24)10(19,20)9(17,18)11(21,22)13(25,26)15(29,30)31/h8H,3-6H2,1-2H3/p+1. The van der Waals surface area contributed by atoms with Crippen molar-refractivity contribution in [1.82, 2.24) is 0 Å². The molecule has 0 radical (unpaired) electrons. The molecule has 4 nitrogen and oxygen atoms in total. The van der Waals surface area contributed by atoms with Crippen LogP contribution >= 0.6 is 10.3 Å². The minimum absolute atomic E-state index is 0.116. The van der Waals surface area contributed by atoms with Crippen molar-refractivity contribution < 1.29 is 91.5 Å². The van der Waals surface area contributed by atoms with Crippen LogP contribution in [-0.2, 0) is 14.9 Å². The Balaban J connectivity index is 3.65. The van der Waals surface area contributed by atoms with E-state index in [1.807, 2.05) is 0 Å². The van der Waals surface area contributed by atoms with Gasteiger partial charge in [-0.15, -0.1) is 8.42 Å². The molecule has 1 atom stereocenters. The molecule has 1 saturated carbocycles. The van der Waals surface area contributed by atoms with Crippen LogP contribution < -0.4 is 0 Å². The third-order valence-electron chi connectivity index (χ3n) is 5.50. The molecular weight excluding hydrogens is 643 g/mol. The van der Waals surface area contributed by atoms with Crippen LogP contribution in [-0.4, -0.2) is 82.6 Å². The summed E-state index contributed by atoms with van der Waals surface area (Å²) >= 11 is 0. The number of carbonyl (C=O) groups excluding carboxylic acids is 1. The Morgan fingerprint density at radius 2 is 0.974 bits per heavy atom. The lowest BCUT2D eigenvalue weighted by Crippen LogP contribution is -2.75. The van der Waals surface area contributed by atoms with Crippen molar-refractivity contribution in [2.75, 3.05) is 12.5 Å². The Morgan fingerprint density at radius 3 is 1.33 bits per heavy atom. The van der Waals surface area contributed by atoms with Gasteiger partial charge in [0.2, 0.25) is 0 Å². The minimum atomic E-state index is -8.90. The number of hydrogen-bond donors (Lipinski definition) is 0. The van der Waals surface area contributed by atoms with E-state index in [2.05, 4.69) is 3.63 Å². The van der Waals surface area contributed by atoms with Crippen molar-refractivity contribution in [2.24, 2.45) is 0 Å². The second-order valence-corrected chi connectivity index (χ2v) is 13.9. The Labute approximate surface area is 208 Å². The molecule has 1 aliphatic carbocycles. The molecule has 1 rings (SSSR count). The lowest BCUT2D eigenvalue weighted by molar-refractivity contribution is -0.458. The summed E-state index contributed by atoms with van der Waals surface area (Å²) in [6.07, 6.45) is -7.01. The predicted octanol–water partition coefficient (Wildman–Crippen LogP) is 6.87. The first-order chi connectivity index (χ1) is 16.7. The molecule has 234 valence electrons. The fourth-order valence-electron chi connectivity index (χ4n) is 3.22. The quantitative estimate of drug-likeness (QED) is 0.146. The Hall–Kier alpha value is -1.26. The zero-order valence-electron chi connectivity index (χ0n) is 18.8. The molecule has 1 N–H and O–H groups in total. The van der Waals surface area contributed by atoms with E-state index in [1.54, 1.807) is 0 Å². The number of hydrogen-bond acceptors (Lipinski definition) is 3. The van der Waals surface area contributed by atoms with Gasteiger partial charge in [-0.2, -0.15) is 74.6 Å². The summed E-state index contributed by atoms with van der Waals surface area (Å²) < 4.78 is 253. The summed E-state index contributed by atoms with van der Waals surface area (Å²) in [6, 6.07) is 0. The van der Waals surface area contributed by atoms with Crippen LogP contribution in [0.4, 0.5) is 74.6 Å². The zero-order valence-corrected chi connectivity index (χ0v) is 20.5. The van der Waals surface area contributed by atoms with Crippen molar-refractivity contribution in [1.29, 1.82) is 0 Å². The number of carbonyl (C=O) groups is 1. The Morgan fingerprint density at radius 1 is 0.615 bits per heavy atom. The second kappa shape index (κ2) is 9.65. The molecule has 0 amide bonds. The van der Waals surface area contributed by atoms with Crippen LogP contribution in [0.25, 0.3) is 0 Å². The van der Waals surface area contributed by atoms with Crippen LogP contribution in [0.5, 0.6) is 0 Å². The molecule has 1 aliphatic rings. The Bertz CT molecular complexity index is 1050. The number of ketones is 1. The summed E-state index contributed by atoms with van der Waals surface area (Å²) in [6.45, 7) is 0. The highest BCUT2D eigenvalue weighted by Crippen LogP contribution is 2.65. The number of alkyl halides is 17. The van der Waals surface area contributed by atoms with Crippen molar-refractivity contribution in [2.45, 2.75) is 77.9 Å². The van der Waals surface area contributed by atoms with Crippen LogP contribution in [0.15, 0.2) is 0 Å². The lowest BCUT2D eigenvalue weighted by atomic mass is 9.91. The SMILES string of the molecule is CS(C)([OH+]S(=O)(=O)C(F)(F)C(F)(F)C(F)(F)C(F)(F)C(F)(F)C(F)(F)C(F)(F)C(F)(F)F)C1CCCCC1=O. The van der Waals surface area contributed by atoms with Crippen LogP contribution in [0.2, 0.25) is 0 Å². The number of rotatable bonds is 10. The van der Waals surface area contributed by atoms with Crippen LogP contribution in [0.1, 0.15) is 25.7 Å². The smallest absolute Gasteiger partial charge is 0.298 e. The summed E-state index contributed by atoms with van der Waals surface area (Å²) in [5.41, 5.74) is 0. The van der Waals surface area contributed by atoms with Crippen molar-refractivity contribution in [3.05, 3.63) is 0 Å². The number of Topliss-reactive ketones (excluding diaryl/α,β-unsaturated/α-hetero) is 1. The monoisotopic (exact) mass is 659 g/mol. The van der Waals surface area contributed by atoms with Gasteiger partial charge >= 0.3 is 57.1 Å². The van der Waals surface area contributed by atoms with E-state index in [9.17, 15) is 87.8 Å². The van der Waals surface area contributed by atoms with Gasteiger partial charge in [0, 0.05) is 18.9 Å².